The Kier molecular flexibility index (Phi) is 4.26. The van der Waals surface area contributed by atoms with Crippen LogP contribution in [0.4, 0.5) is 11.5 Å². The Bertz CT molecular complexity index is 1280. The number of amides is 1. The normalized spacial score (nSPS) is 16.9. The van der Waals surface area contributed by atoms with Gasteiger partial charge in [0, 0.05) is 27.9 Å². The highest BCUT2D eigenvalue weighted by atomic mass is 32.2. The molecule has 0 unspecified atom stereocenters. The van der Waals surface area contributed by atoms with E-state index in [1.165, 1.54) is 16.6 Å². The van der Waals surface area contributed by atoms with Gasteiger partial charge in [-0.2, -0.15) is 5.10 Å². The lowest BCUT2D eigenvalue weighted by molar-refractivity contribution is 0.102. The van der Waals surface area contributed by atoms with Gasteiger partial charge in [-0.25, -0.2) is 8.42 Å². The van der Waals surface area contributed by atoms with E-state index in [1.807, 2.05) is 30.0 Å². The van der Waals surface area contributed by atoms with Gasteiger partial charge in [-0.3, -0.25) is 9.89 Å². The van der Waals surface area contributed by atoms with E-state index in [-0.39, 0.29) is 11.7 Å². The van der Waals surface area contributed by atoms with Crippen LogP contribution in [0, 0.1) is 6.92 Å². The third-order valence-electron chi connectivity index (χ3n) is 4.56. The average molecular weight is 446 g/mol. The Morgan fingerprint density at radius 1 is 1.24 bits per heavy atom. The van der Waals surface area contributed by atoms with Crippen LogP contribution in [0.15, 0.2) is 45.7 Å². The smallest absolute Gasteiger partial charge is 0.257 e. The van der Waals surface area contributed by atoms with Gasteiger partial charge in [0.2, 0.25) is 0 Å². The zero-order valence-corrected chi connectivity index (χ0v) is 17.6. The van der Waals surface area contributed by atoms with E-state index in [4.69, 9.17) is 0 Å². The first-order valence-electron chi connectivity index (χ1n) is 8.74. The van der Waals surface area contributed by atoms with Crippen molar-refractivity contribution in [3.63, 3.8) is 0 Å². The molecule has 0 spiro atoms. The number of thioether (sulfide) groups is 1. The van der Waals surface area contributed by atoms with Gasteiger partial charge in [-0.15, -0.1) is 15.7 Å². The van der Waals surface area contributed by atoms with E-state index < -0.39 is 10.0 Å². The molecule has 29 heavy (non-hydrogen) atoms. The molecular formula is C18H15N5O3S3. The van der Waals surface area contributed by atoms with Gasteiger partial charge in [0.1, 0.15) is 0 Å². The number of nitrogens with one attached hydrogen (secondary N) is 2. The molecule has 0 saturated carbocycles. The zero-order chi connectivity index (χ0) is 20.2. The summed E-state index contributed by atoms with van der Waals surface area (Å²) in [6, 6.07) is 11.1. The van der Waals surface area contributed by atoms with Crippen molar-refractivity contribution in [2.75, 3.05) is 22.5 Å². The van der Waals surface area contributed by atoms with Gasteiger partial charge < -0.3 is 10.2 Å². The van der Waals surface area contributed by atoms with Crippen LogP contribution in [-0.2, 0) is 10.0 Å². The predicted octanol–water partition coefficient (Wildman–Crippen LogP) is 3.31. The fourth-order valence-electron chi connectivity index (χ4n) is 3.15. The van der Waals surface area contributed by atoms with Crippen LogP contribution in [0.5, 0.6) is 0 Å². The highest BCUT2D eigenvalue weighted by Crippen LogP contribution is 2.42. The van der Waals surface area contributed by atoms with Crippen molar-refractivity contribution < 1.29 is 13.2 Å². The number of carbonyl (C=O) groups excluding carboxylic acids is 1. The number of anilines is 2. The standard InChI is InChI=1S/C18H15N5O3S3/c1-10-2-5-14(27-10)12-9-16(21-20-12)19-17(24)11-3-4-13-15(8-11)28-18-22-29(25,26)7-6-23(13)18/h2-5,8-9H,6-7H2,1H3,(H2,19,20,21,24). The minimum Gasteiger partial charge on any atom is -0.318 e. The number of benzene rings is 1. The van der Waals surface area contributed by atoms with E-state index in [0.717, 1.165) is 21.2 Å². The molecule has 2 aliphatic rings. The molecule has 2 aliphatic heterocycles. The van der Waals surface area contributed by atoms with Gasteiger partial charge in [-0.1, -0.05) is 0 Å². The summed E-state index contributed by atoms with van der Waals surface area (Å²) in [5.41, 5.74) is 2.19. The van der Waals surface area contributed by atoms with E-state index in [9.17, 15) is 13.2 Å². The number of carbonyl (C=O) groups is 1. The number of H-pyrrole nitrogens is 1. The third-order valence-corrected chi connectivity index (χ3v) is 7.90. The second kappa shape index (κ2) is 6.71. The first-order valence-corrected chi connectivity index (χ1v) is 12.0. The van der Waals surface area contributed by atoms with E-state index >= 15 is 0 Å². The number of amidine groups is 1. The SMILES string of the molecule is Cc1ccc(-c2cc(NC(=O)c3ccc4c(c3)SC3=NS(=O)(=O)CCN34)n[nH]2)s1. The van der Waals surface area contributed by atoms with Crippen LogP contribution in [-0.4, -0.2) is 42.0 Å². The Morgan fingerprint density at radius 3 is 2.90 bits per heavy atom. The van der Waals surface area contributed by atoms with Crippen molar-refractivity contribution in [1.82, 2.24) is 10.2 Å². The predicted molar refractivity (Wildman–Crippen MR) is 115 cm³/mol. The van der Waals surface area contributed by atoms with Crippen molar-refractivity contribution >= 4 is 55.7 Å². The molecule has 148 valence electrons. The van der Waals surface area contributed by atoms with Gasteiger partial charge in [0.25, 0.3) is 15.9 Å². The van der Waals surface area contributed by atoms with Gasteiger partial charge in [0.15, 0.2) is 11.0 Å². The Morgan fingerprint density at radius 2 is 2.10 bits per heavy atom. The molecule has 3 aromatic rings. The lowest BCUT2D eigenvalue weighted by Crippen LogP contribution is -2.35. The van der Waals surface area contributed by atoms with Crippen molar-refractivity contribution in [1.29, 1.82) is 0 Å². The van der Waals surface area contributed by atoms with Crippen LogP contribution in [0.25, 0.3) is 10.6 Å². The number of aromatic amines is 1. The second-order valence-corrected chi connectivity index (χ2v) is 10.7. The lowest BCUT2D eigenvalue weighted by Gasteiger charge is -2.22. The number of aryl methyl sites for hydroxylation is 1. The molecule has 2 aromatic heterocycles. The highest BCUT2D eigenvalue weighted by molar-refractivity contribution is 8.15. The molecular weight excluding hydrogens is 430 g/mol. The Balaban J connectivity index is 1.36. The molecule has 0 fully saturated rings. The number of fused-ring (bicyclic) bond motifs is 3. The number of nitrogens with zero attached hydrogens (tertiary/aromatic N) is 3. The summed E-state index contributed by atoms with van der Waals surface area (Å²) in [7, 11) is -3.41. The fourth-order valence-corrected chi connectivity index (χ4v) is 6.28. The van der Waals surface area contributed by atoms with Crippen LogP contribution < -0.4 is 10.2 Å². The third kappa shape index (κ3) is 3.45. The molecule has 0 aliphatic carbocycles. The molecule has 4 heterocycles. The largest absolute Gasteiger partial charge is 0.318 e. The Labute approximate surface area is 175 Å². The summed E-state index contributed by atoms with van der Waals surface area (Å²) < 4.78 is 27.3. The Hall–Kier alpha value is -2.63. The summed E-state index contributed by atoms with van der Waals surface area (Å²) in [6.45, 7) is 2.40. The van der Waals surface area contributed by atoms with Gasteiger partial charge in [-0.05, 0) is 49.0 Å². The maximum atomic E-state index is 12.7. The van der Waals surface area contributed by atoms with Crippen LogP contribution in [0.2, 0.25) is 0 Å². The maximum absolute atomic E-state index is 12.7. The lowest BCUT2D eigenvalue weighted by atomic mass is 10.2. The second-order valence-electron chi connectivity index (χ2n) is 6.63. The van der Waals surface area contributed by atoms with Crippen molar-refractivity contribution in [3.8, 4) is 10.6 Å². The van der Waals surface area contributed by atoms with Gasteiger partial charge in [0.05, 0.1) is 22.0 Å². The summed E-state index contributed by atoms with van der Waals surface area (Å²) in [5.74, 6) is 0.148. The molecule has 8 nitrogen and oxygen atoms in total. The number of sulfonamides is 1. The quantitative estimate of drug-likeness (QED) is 0.640. The summed E-state index contributed by atoms with van der Waals surface area (Å²) >= 11 is 2.91. The molecule has 2 N–H and O–H groups in total. The molecule has 0 saturated heterocycles. The molecule has 11 heteroatoms. The number of aromatic nitrogens is 2. The fraction of sp³-hybridized carbons (Fsp3) is 0.167. The minimum absolute atomic E-state index is 0.00993. The zero-order valence-electron chi connectivity index (χ0n) is 15.2. The van der Waals surface area contributed by atoms with Gasteiger partial charge >= 0.3 is 0 Å². The van der Waals surface area contributed by atoms with Crippen molar-refractivity contribution in [3.05, 3.63) is 46.8 Å². The van der Waals surface area contributed by atoms with Crippen molar-refractivity contribution in [2.24, 2.45) is 4.40 Å². The summed E-state index contributed by atoms with van der Waals surface area (Å²) in [6.07, 6.45) is 0. The van der Waals surface area contributed by atoms with Crippen LogP contribution in [0.3, 0.4) is 0 Å². The highest BCUT2D eigenvalue weighted by Gasteiger charge is 2.33. The van der Waals surface area contributed by atoms with E-state index in [0.29, 0.717) is 23.1 Å². The van der Waals surface area contributed by atoms with E-state index in [1.54, 1.807) is 29.5 Å². The maximum Gasteiger partial charge on any atom is 0.257 e. The number of rotatable bonds is 3. The minimum atomic E-state index is -3.41. The molecule has 0 radical (unpaired) electrons. The number of thiophene rings is 1. The molecule has 0 bridgehead atoms. The summed E-state index contributed by atoms with van der Waals surface area (Å²) in [4.78, 5) is 17.6. The van der Waals surface area contributed by atoms with Crippen molar-refractivity contribution in [2.45, 2.75) is 11.8 Å². The van der Waals surface area contributed by atoms with Crippen LogP contribution >= 0.6 is 23.1 Å². The first-order chi connectivity index (χ1) is 13.9. The number of hydrogen-bond donors (Lipinski definition) is 2. The first kappa shape index (κ1) is 18.4. The number of hydrogen-bond acceptors (Lipinski definition) is 7. The van der Waals surface area contributed by atoms with Crippen LogP contribution in [0.1, 0.15) is 15.2 Å². The molecule has 1 aromatic carbocycles. The molecule has 1 amide bonds. The average Bonchev–Trinajstić information content (AvgIpc) is 3.37. The molecule has 5 rings (SSSR count). The monoisotopic (exact) mass is 445 g/mol. The van der Waals surface area contributed by atoms with E-state index in [2.05, 4.69) is 19.9 Å². The summed E-state index contributed by atoms with van der Waals surface area (Å²) in [5, 5.41) is 10.3. The topological polar surface area (TPSA) is 108 Å². The molecule has 0 atom stereocenters.